The van der Waals surface area contributed by atoms with Gasteiger partial charge >= 0.3 is 0 Å². The Hall–Kier alpha value is -4.12. The zero-order valence-corrected chi connectivity index (χ0v) is 22.2. The lowest BCUT2D eigenvalue weighted by Crippen LogP contribution is -2.50. The van der Waals surface area contributed by atoms with Gasteiger partial charge in [0.15, 0.2) is 6.04 Å². The molecule has 1 aromatic heterocycles. The van der Waals surface area contributed by atoms with Crippen LogP contribution in [0.1, 0.15) is 54.3 Å². The Bertz CT molecular complexity index is 1480. The molecule has 0 radical (unpaired) electrons. The van der Waals surface area contributed by atoms with Crippen LogP contribution in [0.2, 0.25) is 0 Å². The van der Waals surface area contributed by atoms with Crippen molar-refractivity contribution in [1.82, 2.24) is 9.62 Å². The van der Waals surface area contributed by atoms with Gasteiger partial charge in [0.1, 0.15) is 22.9 Å². The van der Waals surface area contributed by atoms with Crippen molar-refractivity contribution in [2.45, 2.75) is 49.1 Å². The maximum atomic E-state index is 14.0. The Balaban J connectivity index is 1.54. The van der Waals surface area contributed by atoms with Crippen molar-refractivity contribution < 1.29 is 32.0 Å². The zero-order valence-electron chi connectivity index (χ0n) is 21.4. The number of nitrogens with zero attached hydrogens (tertiary/aromatic N) is 2. The van der Waals surface area contributed by atoms with Crippen LogP contribution in [0.3, 0.4) is 0 Å². The van der Waals surface area contributed by atoms with Crippen LogP contribution in [-0.4, -0.2) is 50.1 Å². The first-order valence-electron chi connectivity index (χ1n) is 12.8. The highest BCUT2D eigenvalue weighted by molar-refractivity contribution is 7.90. The number of carbonyl (C=O) groups is 3. The van der Waals surface area contributed by atoms with E-state index in [4.69, 9.17) is 9.15 Å². The molecule has 204 valence electrons. The van der Waals surface area contributed by atoms with Gasteiger partial charge in [-0.05, 0) is 49.2 Å². The smallest absolute Gasteiger partial charge is 0.269 e. The average molecular weight is 552 g/mol. The number of sulfonamides is 1. The molecule has 1 atom stereocenters. The fourth-order valence-corrected chi connectivity index (χ4v) is 6.65. The number of hydrogen-bond acceptors (Lipinski definition) is 7. The summed E-state index contributed by atoms with van der Waals surface area (Å²) in [6.07, 6.45) is 6.12. The number of rotatable bonds is 8. The molecule has 0 bridgehead atoms. The normalized spacial score (nSPS) is 17.4. The lowest BCUT2D eigenvalue weighted by atomic mass is 9.95. The number of ether oxygens (including phenoxy) is 1. The molecule has 2 heterocycles. The van der Waals surface area contributed by atoms with Crippen LogP contribution in [-0.2, 0) is 19.6 Å². The van der Waals surface area contributed by atoms with Crippen LogP contribution in [0.15, 0.2) is 76.2 Å². The zero-order chi connectivity index (χ0) is 27.6. The highest BCUT2D eigenvalue weighted by atomic mass is 32.2. The molecule has 1 saturated carbocycles. The van der Waals surface area contributed by atoms with Crippen molar-refractivity contribution in [1.29, 1.82) is 0 Å². The number of carbonyl (C=O) groups excluding carboxylic acids is 3. The maximum Gasteiger partial charge on any atom is 0.269 e. The van der Waals surface area contributed by atoms with Crippen molar-refractivity contribution in [3.8, 4) is 5.75 Å². The van der Waals surface area contributed by atoms with Crippen molar-refractivity contribution in [3.63, 3.8) is 0 Å². The fraction of sp³-hybridized carbons (Fsp3) is 0.321. The molecule has 0 spiro atoms. The van der Waals surface area contributed by atoms with E-state index in [9.17, 15) is 22.8 Å². The Morgan fingerprint density at radius 1 is 1.08 bits per heavy atom. The SMILES string of the molecule is COc1cccc(N(C(=O)CN2C(=O)c3ccccc3S2(=O)=O)C(C(=O)NC2CCCCC2)c2ccco2)c1. The molecule has 3 amide bonds. The van der Waals surface area contributed by atoms with E-state index in [1.165, 1.54) is 36.5 Å². The monoisotopic (exact) mass is 551 g/mol. The summed E-state index contributed by atoms with van der Waals surface area (Å²) in [6.45, 7) is -0.805. The van der Waals surface area contributed by atoms with E-state index >= 15 is 0 Å². The van der Waals surface area contributed by atoms with Gasteiger partial charge < -0.3 is 14.5 Å². The second-order valence-corrected chi connectivity index (χ2v) is 11.4. The molecular formula is C28H29N3O7S. The summed E-state index contributed by atoms with van der Waals surface area (Å²) in [5.41, 5.74) is 0.275. The summed E-state index contributed by atoms with van der Waals surface area (Å²) in [7, 11) is -2.78. The predicted molar refractivity (Wildman–Crippen MR) is 142 cm³/mol. The first-order chi connectivity index (χ1) is 18.8. The molecule has 39 heavy (non-hydrogen) atoms. The van der Waals surface area contributed by atoms with Gasteiger partial charge in [0.05, 0.1) is 18.9 Å². The minimum absolute atomic E-state index is 0.00384. The lowest BCUT2D eigenvalue weighted by Gasteiger charge is -2.33. The molecule has 1 unspecified atom stereocenters. The minimum Gasteiger partial charge on any atom is -0.497 e. The first-order valence-corrected chi connectivity index (χ1v) is 14.2. The highest BCUT2D eigenvalue weighted by Gasteiger charge is 2.44. The van der Waals surface area contributed by atoms with Gasteiger partial charge in [-0.2, -0.15) is 0 Å². The molecule has 5 rings (SSSR count). The van der Waals surface area contributed by atoms with Crippen molar-refractivity contribution >= 4 is 33.4 Å². The third-order valence-corrected chi connectivity index (χ3v) is 8.85. The van der Waals surface area contributed by atoms with E-state index in [0.717, 1.165) is 32.1 Å². The van der Waals surface area contributed by atoms with Gasteiger partial charge in [-0.25, -0.2) is 12.7 Å². The number of methoxy groups -OCH3 is 1. The van der Waals surface area contributed by atoms with Gasteiger partial charge in [-0.1, -0.05) is 37.5 Å². The molecule has 1 N–H and O–H groups in total. The van der Waals surface area contributed by atoms with Gasteiger partial charge in [0, 0.05) is 17.8 Å². The van der Waals surface area contributed by atoms with Gasteiger partial charge in [0.2, 0.25) is 5.91 Å². The topological polar surface area (TPSA) is 126 Å². The molecule has 11 heteroatoms. The summed E-state index contributed by atoms with van der Waals surface area (Å²) < 4.78 is 37.9. The minimum atomic E-state index is -4.25. The molecule has 10 nitrogen and oxygen atoms in total. The summed E-state index contributed by atoms with van der Waals surface area (Å²) in [5.74, 6) is -1.43. The summed E-state index contributed by atoms with van der Waals surface area (Å²) >= 11 is 0. The average Bonchev–Trinajstić information content (AvgIpc) is 3.54. The Morgan fingerprint density at radius 3 is 2.54 bits per heavy atom. The standard InChI is InChI=1S/C28H29N3O7S/c1-37-21-12-7-11-20(17-21)31(25(32)18-30-28(34)22-13-5-6-15-24(22)39(30,35)36)26(23-14-8-16-38-23)27(33)29-19-9-3-2-4-10-19/h5-8,11-17,19,26H,2-4,9-10,18H2,1H3,(H,29,33). The van der Waals surface area contributed by atoms with E-state index in [1.807, 2.05) is 0 Å². The van der Waals surface area contributed by atoms with Crippen LogP contribution in [0.25, 0.3) is 0 Å². The third kappa shape index (κ3) is 5.14. The van der Waals surface area contributed by atoms with Crippen LogP contribution < -0.4 is 15.0 Å². The van der Waals surface area contributed by atoms with E-state index < -0.39 is 40.3 Å². The van der Waals surface area contributed by atoms with Gasteiger partial charge in [0.25, 0.3) is 21.8 Å². The molecule has 3 aromatic rings. The molecule has 1 fully saturated rings. The number of nitrogens with one attached hydrogen (secondary N) is 1. The quantitative estimate of drug-likeness (QED) is 0.453. The summed E-state index contributed by atoms with van der Waals surface area (Å²) in [6, 6.07) is 14.2. The van der Waals surface area contributed by atoms with Crippen molar-refractivity contribution in [3.05, 3.63) is 78.3 Å². The summed E-state index contributed by atoms with van der Waals surface area (Å²) in [4.78, 5) is 41.9. The largest absolute Gasteiger partial charge is 0.497 e. The Kier molecular flexibility index (Phi) is 7.42. The van der Waals surface area contributed by atoms with E-state index in [0.29, 0.717) is 10.1 Å². The third-order valence-electron chi connectivity index (χ3n) is 7.06. The number of hydrogen-bond donors (Lipinski definition) is 1. The van der Waals surface area contributed by atoms with Crippen LogP contribution in [0.4, 0.5) is 5.69 Å². The second-order valence-electron chi connectivity index (χ2n) is 9.54. The number of amides is 3. The Morgan fingerprint density at radius 2 is 1.85 bits per heavy atom. The van der Waals surface area contributed by atoms with Gasteiger partial charge in [-0.15, -0.1) is 0 Å². The van der Waals surface area contributed by atoms with Crippen LogP contribution in [0.5, 0.6) is 5.75 Å². The van der Waals surface area contributed by atoms with Crippen LogP contribution >= 0.6 is 0 Å². The molecule has 2 aliphatic rings. The molecule has 1 aliphatic heterocycles. The van der Waals surface area contributed by atoms with Crippen LogP contribution in [0, 0.1) is 0 Å². The number of fused-ring (bicyclic) bond motifs is 1. The predicted octanol–water partition coefficient (Wildman–Crippen LogP) is 3.66. The van der Waals surface area contributed by atoms with Gasteiger partial charge in [-0.3, -0.25) is 19.3 Å². The number of furan rings is 1. The molecule has 1 aliphatic carbocycles. The number of benzene rings is 2. The Labute approximate surface area is 226 Å². The lowest BCUT2D eigenvalue weighted by molar-refractivity contribution is -0.127. The van der Waals surface area contributed by atoms with E-state index in [-0.39, 0.29) is 27.9 Å². The number of anilines is 1. The maximum absolute atomic E-state index is 14.0. The first kappa shape index (κ1) is 26.5. The second kappa shape index (κ2) is 10.9. The summed E-state index contributed by atoms with van der Waals surface area (Å²) in [5, 5.41) is 3.05. The van der Waals surface area contributed by atoms with E-state index in [1.54, 1.807) is 42.5 Å². The van der Waals surface area contributed by atoms with Crippen molar-refractivity contribution in [2.24, 2.45) is 0 Å². The molecule has 2 aromatic carbocycles. The molecular weight excluding hydrogens is 522 g/mol. The fourth-order valence-electron chi connectivity index (χ4n) is 5.13. The molecule has 0 saturated heterocycles. The van der Waals surface area contributed by atoms with E-state index in [2.05, 4.69) is 5.32 Å². The highest BCUT2D eigenvalue weighted by Crippen LogP contribution is 2.34. The van der Waals surface area contributed by atoms with Crippen molar-refractivity contribution in [2.75, 3.05) is 18.6 Å².